The minimum atomic E-state index is -1.03. The van der Waals surface area contributed by atoms with E-state index in [4.69, 9.17) is 5.11 Å². The number of hydrogen-bond donors (Lipinski definition) is 3. The van der Waals surface area contributed by atoms with Gasteiger partial charge in [0.2, 0.25) is 11.8 Å². The van der Waals surface area contributed by atoms with E-state index >= 15 is 0 Å². The molecule has 0 aliphatic heterocycles. The van der Waals surface area contributed by atoms with E-state index < -0.39 is 12.0 Å². The van der Waals surface area contributed by atoms with Crippen LogP contribution in [0, 0.1) is 13.8 Å². The van der Waals surface area contributed by atoms with E-state index in [1.54, 1.807) is 13.8 Å². The summed E-state index contributed by atoms with van der Waals surface area (Å²) >= 11 is 1.04. The average Bonchev–Trinajstić information content (AvgIpc) is 3.01. The van der Waals surface area contributed by atoms with Crippen molar-refractivity contribution in [3.05, 3.63) is 51.0 Å². The quantitative estimate of drug-likeness (QED) is 0.642. The maximum atomic E-state index is 12.0. The van der Waals surface area contributed by atoms with Gasteiger partial charge in [0.25, 0.3) is 0 Å². The van der Waals surface area contributed by atoms with Gasteiger partial charge in [0.1, 0.15) is 9.88 Å². The molecule has 0 fully saturated rings. The molecule has 3 N–H and O–H groups in total. The Morgan fingerprint density at radius 1 is 1.15 bits per heavy atom. The lowest BCUT2D eigenvalue weighted by Crippen LogP contribution is -2.38. The van der Waals surface area contributed by atoms with Crippen LogP contribution in [0.4, 0.5) is 0 Å². The molecule has 0 aliphatic carbocycles. The summed E-state index contributed by atoms with van der Waals surface area (Å²) in [5, 5.41) is 14.9. The van der Waals surface area contributed by atoms with Gasteiger partial charge in [0.05, 0.1) is 18.3 Å². The highest BCUT2D eigenvalue weighted by atomic mass is 32.1. The van der Waals surface area contributed by atoms with Crippen molar-refractivity contribution in [2.45, 2.75) is 39.7 Å². The van der Waals surface area contributed by atoms with Gasteiger partial charge in [-0.05, 0) is 32.8 Å². The van der Waals surface area contributed by atoms with Crippen LogP contribution in [0.25, 0.3) is 0 Å². The number of carbonyl (C=O) groups excluding carboxylic acids is 2. The van der Waals surface area contributed by atoms with E-state index in [1.807, 2.05) is 31.2 Å². The number of aromatic nitrogens is 1. The van der Waals surface area contributed by atoms with Crippen LogP contribution >= 0.6 is 11.3 Å². The first kappa shape index (κ1) is 20.6. The Balaban J connectivity index is 1.76. The number of thiazole rings is 1. The lowest BCUT2D eigenvalue weighted by Gasteiger charge is -2.12. The summed E-state index contributed by atoms with van der Waals surface area (Å²) in [6.45, 7) is 5.21. The summed E-state index contributed by atoms with van der Waals surface area (Å²) in [5.74, 6) is -1.58. The molecule has 8 heteroatoms. The molecule has 2 aromatic rings. The van der Waals surface area contributed by atoms with Crippen molar-refractivity contribution in [3.8, 4) is 0 Å². The van der Waals surface area contributed by atoms with E-state index in [2.05, 4.69) is 15.6 Å². The molecule has 1 atom stereocenters. The fourth-order valence-corrected chi connectivity index (χ4v) is 3.34. The lowest BCUT2D eigenvalue weighted by molar-refractivity contribution is -0.126. The topological polar surface area (TPSA) is 108 Å². The molecule has 1 unspecified atom stereocenters. The number of benzene rings is 1. The number of aromatic carboxylic acids is 1. The molecule has 7 nitrogen and oxygen atoms in total. The molecule has 144 valence electrons. The highest BCUT2D eigenvalue weighted by Gasteiger charge is 2.19. The number of nitrogens with zero attached hydrogens (tertiary/aromatic N) is 1. The monoisotopic (exact) mass is 389 g/mol. The molecule has 0 saturated carbocycles. The fraction of sp³-hybridized carbons (Fsp3) is 0.368. The number of aryl methyl sites for hydroxylation is 3. The number of carboxylic acids is 1. The lowest BCUT2D eigenvalue weighted by atomic mass is 10.1. The molecule has 0 aliphatic rings. The Morgan fingerprint density at radius 2 is 1.81 bits per heavy atom. The van der Waals surface area contributed by atoms with Crippen molar-refractivity contribution in [1.82, 2.24) is 15.6 Å². The van der Waals surface area contributed by atoms with E-state index in [0.29, 0.717) is 23.5 Å². The predicted octanol–water partition coefficient (Wildman–Crippen LogP) is 2.38. The van der Waals surface area contributed by atoms with E-state index in [0.717, 1.165) is 16.9 Å². The zero-order valence-electron chi connectivity index (χ0n) is 15.5. The molecule has 0 saturated heterocycles. The van der Waals surface area contributed by atoms with Crippen molar-refractivity contribution >= 4 is 29.1 Å². The number of carboxylic acid groups (broad SMARTS) is 1. The van der Waals surface area contributed by atoms with Gasteiger partial charge >= 0.3 is 5.97 Å². The largest absolute Gasteiger partial charge is 0.477 e. The molecule has 2 rings (SSSR count). The van der Waals surface area contributed by atoms with Crippen LogP contribution in [0.3, 0.4) is 0 Å². The van der Waals surface area contributed by atoms with Gasteiger partial charge in [-0.2, -0.15) is 0 Å². The van der Waals surface area contributed by atoms with Crippen LogP contribution in [-0.4, -0.2) is 34.4 Å². The Hall–Kier alpha value is -2.74. The van der Waals surface area contributed by atoms with Crippen LogP contribution in [-0.2, 0) is 16.0 Å². The first-order chi connectivity index (χ1) is 12.8. The third kappa shape index (κ3) is 6.18. The van der Waals surface area contributed by atoms with Crippen molar-refractivity contribution in [2.75, 3.05) is 6.54 Å². The molecule has 0 radical (unpaired) electrons. The Kier molecular flexibility index (Phi) is 7.06. The SMILES string of the molecule is Cc1ccc(CCC(=O)NCC(=O)NC(C)c2nc(C)c(C(=O)O)s2)cc1. The number of amides is 2. The average molecular weight is 389 g/mol. The van der Waals surface area contributed by atoms with Crippen LogP contribution in [0.15, 0.2) is 24.3 Å². The van der Waals surface area contributed by atoms with Gasteiger partial charge < -0.3 is 15.7 Å². The summed E-state index contributed by atoms with van der Waals surface area (Å²) < 4.78 is 0. The fourth-order valence-electron chi connectivity index (χ4n) is 2.44. The molecular formula is C19H23N3O4S. The third-order valence-electron chi connectivity index (χ3n) is 3.96. The number of nitrogens with one attached hydrogen (secondary N) is 2. The van der Waals surface area contributed by atoms with Gasteiger partial charge in [0.15, 0.2) is 0 Å². The smallest absolute Gasteiger partial charge is 0.347 e. The van der Waals surface area contributed by atoms with Gasteiger partial charge in [-0.25, -0.2) is 9.78 Å². The van der Waals surface area contributed by atoms with Crippen molar-refractivity contribution in [1.29, 1.82) is 0 Å². The van der Waals surface area contributed by atoms with Crippen molar-refractivity contribution < 1.29 is 19.5 Å². The molecule has 27 heavy (non-hydrogen) atoms. The van der Waals surface area contributed by atoms with Gasteiger partial charge in [-0.15, -0.1) is 11.3 Å². The normalized spacial score (nSPS) is 11.7. The highest BCUT2D eigenvalue weighted by Crippen LogP contribution is 2.23. The highest BCUT2D eigenvalue weighted by molar-refractivity contribution is 7.13. The summed E-state index contributed by atoms with van der Waals surface area (Å²) in [5.41, 5.74) is 2.66. The minimum Gasteiger partial charge on any atom is -0.477 e. The predicted molar refractivity (Wildman–Crippen MR) is 103 cm³/mol. The first-order valence-electron chi connectivity index (χ1n) is 8.58. The zero-order chi connectivity index (χ0) is 20.0. The van der Waals surface area contributed by atoms with E-state index in [9.17, 15) is 14.4 Å². The second-order valence-electron chi connectivity index (χ2n) is 6.32. The zero-order valence-corrected chi connectivity index (χ0v) is 16.4. The second-order valence-corrected chi connectivity index (χ2v) is 7.35. The summed E-state index contributed by atoms with van der Waals surface area (Å²) in [7, 11) is 0. The Morgan fingerprint density at radius 3 is 2.41 bits per heavy atom. The number of rotatable bonds is 8. The molecule has 1 heterocycles. The van der Waals surface area contributed by atoms with Gasteiger partial charge in [0, 0.05) is 6.42 Å². The van der Waals surface area contributed by atoms with Crippen LogP contribution in [0.1, 0.15) is 50.9 Å². The molecule has 1 aromatic carbocycles. The van der Waals surface area contributed by atoms with E-state index in [-0.39, 0.29) is 23.2 Å². The molecule has 2 amide bonds. The molecule has 1 aromatic heterocycles. The molecular weight excluding hydrogens is 366 g/mol. The summed E-state index contributed by atoms with van der Waals surface area (Å²) in [6, 6.07) is 7.53. The standard InChI is InChI=1S/C19H23N3O4S/c1-11-4-6-14(7-5-11)8-9-15(23)20-10-16(24)21-13(3)18-22-12(2)17(27-18)19(25)26/h4-7,13H,8-10H2,1-3H3,(H,20,23)(H,21,24)(H,25,26). The first-order valence-corrected chi connectivity index (χ1v) is 9.40. The van der Waals surface area contributed by atoms with Crippen LogP contribution in [0.5, 0.6) is 0 Å². The van der Waals surface area contributed by atoms with Crippen LogP contribution < -0.4 is 10.6 Å². The van der Waals surface area contributed by atoms with Crippen LogP contribution in [0.2, 0.25) is 0 Å². The maximum absolute atomic E-state index is 12.0. The maximum Gasteiger partial charge on any atom is 0.347 e. The number of carbonyl (C=O) groups is 3. The van der Waals surface area contributed by atoms with Gasteiger partial charge in [-0.3, -0.25) is 9.59 Å². The molecule has 0 spiro atoms. The number of hydrogen-bond acceptors (Lipinski definition) is 5. The Bertz CT molecular complexity index is 830. The van der Waals surface area contributed by atoms with E-state index in [1.165, 1.54) is 5.56 Å². The third-order valence-corrected chi connectivity index (χ3v) is 5.29. The second kappa shape index (κ2) is 9.27. The minimum absolute atomic E-state index is 0.132. The molecule has 0 bridgehead atoms. The summed E-state index contributed by atoms with van der Waals surface area (Å²) in [6.07, 6.45) is 0.917. The summed E-state index contributed by atoms with van der Waals surface area (Å²) in [4.78, 5) is 39.3. The van der Waals surface area contributed by atoms with Crippen molar-refractivity contribution in [2.24, 2.45) is 0 Å². The van der Waals surface area contributed by atoms with Crippen molar-refractivity contribution in [3.63, 3.8) is 0 Å². The Labute approximate surface area is 161 Å². The van der Waals surface area contributed by atoms with Gasteiger partial charge in [-0.1, -0.05) is 29.8 Å².